The van der Waals surface area contributed by atoms with E-state index in [-0.39, 0.29) is 11.5 Å². The average Bonchev–Trinajstić information content (AvgIpc) is 2.63. The number of rotatable bonds is 2. The molecule has 104 valence electrons. The fourth-order valence-electron chi connectivity index (χ4n) is 3.14. The molecule has 2 fully saturated rings. The normalized spacial score (nSPS) is 28.8. The molecule has 1 N–H and O–H groups in total. The number of ether oxygens (including phenoxy) is 1. The van der Waals surface area contributed by atoms with Crippen LogP contribution in [0.2, 0.25) is 0 Å². The zero-order chi connectivity index (χ0) is 13.0. The predicted molar refractivity (Wildman–Crippen MR) is 71.4 cm³/mol. The van der Waals surface area contributed by atoms with Crippen LogP contribution in [0.5, 0.6) is 0 Å². The molecule has 1 atom stereocenters. The molecule has 1 amide bonds. The second-order valence-corrected chi connectivity index (χ2v) is 5.67. The maximum atomic E-state index is 12.8. The van der Waals surface area contributed by atoms with E-state index in [1.165, 1.54) is 0 Å². The van der Waals surface area contributed by atoms with E-state index in [0.29, 0.717) is 5.91 Å². The van der Waals surface area contributed by atoms with E-state index in [1.54, 1.807) is 0 Å². The predicted octanol–water partition coefficient (Wildman–Crippen LogP) is 1.40. The highest BCUT2D eigenvalue weighted by atomic mass is 16.5. The Morgan fingerprint density at radius 1 is 1.44 bits per heavy atom. The minimum atomic E-state index is -0.116. The molecule has 18 heavy (non-hydrogen) atoms. The zero-order valence-electron chi connectivity index (χ0n) is 11.7. The van der Waals surface area contributed by atoms with Crippen molar-refractivity contribution in [1.82, 2.24) is 10.2 Å². The summed E-state index contributed by atoms with van der Waals surface area (Å²) in [6, 6.07) is 0. The molecular formula is C14H26N2O2. The number of amides is 1. The first-order valence-electron chi connectivity index (χ1n) is 7.30. The number of carbonyl (C=O) groups excluding carboxylic acids is 1. The van der Waals surface area contributed by atoms with Crippen LogP contribution in [0.4, 0.5) is 0 Å². The van der Waals surface area contributed by atoms with Crippen molar-refractivity contribution in [3.05, 3.63) is 0 Å². The lowest BCUT2D eigenvalue weighted by atomic mass is 9.75. The maximum Gasteiger partial charge on any atom is 0.228 e. The van der Waals surface area contributed by atoms with Crippen molar-refractivity contribution in [3.63, 3.8) is 0 Å². The van der Waals surface area contributed by atoms with Gasteiger partial charge in [0.25, 0.3) is 0 Å². The van der Waals surface area contributed by atoms with Gasteiger partial charge in [0.2, 0.25) is 5.91 Å². The Hall–Kier alpha value is -0.610. The van der Waals surface area contributed by atoms with Crippen LogP contribution in [0, 0.1) is 5.41 Å². The molecule has 0 aromatic heterocycles. The highest BCUT2D eigenvalue weighted by Gasteiger charge is 2.40. The van der Waals surface area contributed by atoms with Gasteiger partial charge in [-0.3, -0.25) is 4.79 Å². The number of nitrogens with one attached hydrogen (secondary N) is 1. The van der Waals surface area contributed by atoms with E-state index in [2.05, 4.69) is 19.2 Å². The fraction of sp³-hybridized carbons (Fsp3) is 0.929. The Labute approximate surface area is 110 Å². The van der Waals surface area contributed by atoms with Crippen LogP contribution in [0.15, 0.2) is 0 Å². The van der Waals surface area contributed by atoms with Gasteiger partial charge in [0, 0.05) is 19.7 Å². The molecule has 1 unspecified atom stereocenters. The second-order valence-electron chi connectivity index (χ2n) is 5.67. The Morgan fingerprint density at radius 3 is 2.83 bits per heavy atom. The number of hydrogen-bond acceptors (Lipinski definition) is 3. The second kappa shape index (κ2) is 6.02. The van der Waals surface area contributed by atoms with Crippen molar-refractivity contribution in [2.75, 3.05) is 32.8 Å². The average molecular weight is 254 g/mol. The van der Waals surface area contributed by atoms with Crippen molar-refractivity contribution in [2.24, 2.45) is 5.41 Å². The van der Waals surface area contributed by atoms with Crippen LogP contribution in [-0.4, -0.2) is 49.7 Å². The standard InChI is InChI=1S/C14H26N2O2/c1-3-14(5-7-15-8-6-14)13(17)16-9-4-10-18-12(2)11-16/h12,15H,3-11H2,1-2H3. The molecule has 0 aliphatic carbocycles. The Bertz CT molecular complexity index is 288. The van der Waals surface area contributed by atoms with Crippen molar-refractivity contribution in [2.45, 2.75) is 45.6 Å². The van der Waals surface area contributed by atoms with Gasteiger partial charge in [-0.05, 0) is 45.7 Å². The molecule has 0 aromatic rings. The molecule has 2 rings (SSSR count). The molecule has 2 saturated heterocycles. The van der Waals surface area contributed by atoms with Crippen molar-refractivity contribution < 1.29 is 9.53 Å². The lowest BCUT2D eigenvalue weighted by Crippen LogP contribution is -2.50. The molecule has 0 aromatic carbocycles. The van der Waals surface area contributed by atoms with E-state index in [9.17, 15) is 4.79 Å². The van der Waals surface area contributed by atoms with Crippen LogP contribution < -0.4 is 5.32 Å². The lowest BCUT2D eigenvalue weighted by Gasteiger charge is -2.39. The molecule has 0 spiro atoms. The number of hydrogen-bond donors (Lipinski definition) is 1. The maximum absolute atomic E-state index is 12.8. The zero-order valence-corrected chi connectivity index (χ0v) is 11.7. The van der Waals surface area contributed by atoms with E-state index >= 15 is 0 Å². The van der Waals surface area contributed by atoms with Gasteiger partial charge in [-0.15, -0.1) is 0 Å². The smallest absolute Gasteiger partial charge is 0.228 e. The van der Waals surface area contributed by atoms with Crippen LogP contribution >= 0.6 is 0 Å². The Kier molecular flexibility index (Phi) is 4.62. The SMILES string of the molecule is CCC1(C(=O)N2CCCOC(C)C2)CCNCC1. The van der Waals surface area contributed by atoms with Gasteiger partial charge >= 0.3 is 0 Å². The third kappa shape index (κ3) is 2.86. The summed E-state index contributed by atoms with van der Waals surface area (Å²) in [6.07, 6.45) is 4.06. The summed E-state index contributed by atoms with van der Waals surface area (Å²) in [5.74, 6) is 0.365. The van der Waals surface area contributed by atoms with Crippen LogP contribution in [0.3, 0.4) is 0 Å². The van der Waals surface area contributed by atoms with Crippen LogP contribution in [-0.2, 0) is 9.53 Å². The van der Waals surface area contributed by atoms with Gasteiger partial charge in [0.15, 0.2) is 0 Å². The summed E-state index contributed by atoms with van der Waals surface area (Å²) in [6.45, 7) is 8.56. The summed E-state index contributed by atoms with van der Waals surface area (Å²) < 4.78 is 5.63. The van der Waals surface area contributed by atoms with Gasteiger partial charge < -0.3 is 15.0 Å². The molecule has 4 nitrogen and oxygen atoms in total. The topological polar surface area (TPSA) is 41.6 Å². The van der Waals surface area contributed by atoms with Gasteiger partial charge in [-0.25, -0.2) is 0 Å². The highest BCUT2D eigenvalue weighted by molar-refractivity contribution is 5.83. The van der Waals surface area contributed by atoms with E-state index in [0.717, 1.165) is 58.5 Å². The van der Waals surface area contributed by atoms with Crippen LogP contribution in [0.25, 0.3) is 0 Å². The number of piperidine rings is 1. The van der Waals surface area contributed by atoms with Gasteiger partial charge in [0.05, 0.1) is 11.5 Å². The summed E-state index contributed by atoms with van der Waals surface area (Å²) >= 11 is 0. The lowest BCUT2D eigenvalue weighted by molar-refractivity contribution is -0.144. The quantitative estimate of drug-likeness (QED) is 0.810. The van der Waals surface area contributed by atoms with Crippen molar-refractivity contribution >= 4 is 5.91 Å². The summed E-state index contributed by atoms with van der Waals surface area (Å²) in [5, 5.41) is 3.36. The Balaban J connectivity index is 2.07. The first-order valence-corrected chi connectivity index (χ1v) is 7.30. The Morgan fingerprint density at radius 2 is 2.17 bits per heavy atom. The molecule has 2 aliphatic heterocycles. The number of nitrogens with zero attached hydrogens (tertiary/aromatic N) is 1. The summed E-state index contributed by atoms with van der Waals surface area (Å²) in [5.41, 5.74) is -0.116. The number of carbonyl (C=O) groups is 1. The largest absolute Gasteiger partial charge is 0.377 e. The van der Waals surface area contributed by atoms with E-state index < -0.39 is 0 Å². The minimum Gasteiger partial charge on any atom is -0.377 e. The third-order valence-electron chi connectivity index (χ3n) is 4.43. The first kappa shape index (κ1) is 13.8. The molecular weight excluding hydrogens is 228 g/mol. The molecule has 0 radical (unpaired) electrons. The van der Waals surface area contributed by atoms with Gasteiger partial charge in [0.1, 0.15) is 0 Å². The third-order valence-corrected chi connectivity index (χ3v) is 4.43. The molecule has 2 aliphatic rings. The van der Waals surface area contributed by atoms with Crippen molar-refractivity contribution in [1.29, 1.82) is 0 Å². The van der Waals surface area contributed by atoms with E-state index in [1.807, 2.05) is 4.90 Å². The highest BCUT2D eigenvalue weighted by Crippen LogP contribution is 2.35. The summed E-state index contributed by atoms with van der Waals surface area (Å²) in [7, 11) is 0. The fourth-order valence-corrected chi connectivity index (χ4v) is 3.14. The molecule has 0 bridgehead atoms. The van der Waals surface area contributed by atoms with E-state index in [4.69, 9.17) is 4.74 Å². The summed E-state index contributed by atoms with van der Waals surface area (Å²) in [4.78, 5) is 14.9. The molecule has 2 heterocycles. The minimum absolute atomic E-state index is 0.116. The monoisotopic (exact) mass is 254 g/mol. The molecule has 4 heteroatoms. The van der Waals surface area contributed by atoms with Crippen LogP contribution in [0.1, 0.15) is 39.5 Å². The van der Waals surface area contributed by atoms with Gasteiger partial charge in [-0.1, -0.05) is 6.92 Å². The molecule has 0 saturated carbocycles. The first-order chi connectivity index (χ1) is 8.68. The van der Waals surface area contributed by atoms with Gasteiger partial charge in [-0.2, -0.15) is 0 Å². The van der Waals surface area contributed by atoms with Crippen molar-refractivity contribution in [3.8, 4) is 0 Å².